The Morgan fingerprint density at radius 1 is 0.297 bits per heavy atom. The third kappa shape index (κ3) is 51.4. The largest absolute Gasteiger partial charge is 0.462 e. The Morgan fingerprint density at radius 3 is 0.766 bits per heavy atom. The van der Waals surface area contributed by atoms with Crippen LogP contribution in [-0.4, -0.2) is 37.2 Å². The molecule has 0 aliphatic carbocycles. The van der Waals surface area contributed by atoms with E-state index < -0.39 is 6.10 Å². The van der Waals surface area contributed by atoms with E-state index in [1.807, 2.05) is 0 Å². The predicted octanol–water partition coefficient (Wildman–Crippen LogP) is 19.0. The summed E-state index contributed by atoms with van der Waals surface area (Å²) in [5, 5.41) is 0. The van der Waals surface area contributed by atoms with E-state index in [0.717, 1.165) is 63.7 Å². The van der Waals surface area contributed by atoms with Crippen LogP contribution in [0.4, 0.5) is 0 Å². The highest BCUT2D eigenvalue weighted by Gasteiger charge is 2.19. The van der Waals surface area contributed by atoms with Crippen molar-refractivity contribution in [2.24, 2.45) is 5.92 Å². The molecule has 0 heterocycles. The van der Waals surface area contributed by atoms with Crippen LogP contribution >= 0.6 is 0 Å². The molecule has 6 nitrogen and oxygen atoms in total. The lowest BCUT2D eigenvalue weighted by Gasteiger charge is -2.18. The highest BCUT2D eigenvalue weighted by Crippen LogP contribution is 2.18. The molecule has 0 spiro atoms. The highest BCUT2D eigenvalue weighted by molar-refractivity contribution is 5.71. The topological polar surface area (TPSA) is 78.9 Å². The van der Waals surface area contributed by atoms with Crippen LogP contribution in [0.15, 0.2) is 0 Å². The van der Waals surface area contributed by atoms with Crippen molar-refractivity contribution in [3.05, 3.63) is 0 Å². The van der Waals surface area contributed by atoms with Crippen molar-refractivity contribution in [2.45, 2.75) is 336 Å². The first-order valence-electron chi connectivity index (χ1n) is 28.9. The maximum atomic E-state index is 12.8. The van der Waals surface area contributed by atoms with Crippen molar-refractivity contribution in [3.63, 3.8) is 0 Å². The molecule has 0 aliphatic heterocycles. The molecule has 0 fully saturated rings. The summed E-state index contributed by atoms with van der Waals surface area (Å²) in [6, 6.07) is 0. The number of esters is 3. The molecule has 0 N–H and O–H groups in total. The van der Waals surface area contributed by atoms with Crippen LogP contribution in [0.5, 0.6) is 0 Å². The standard InChI is InChI=1S/C58H112O6/c1-5-7-9-11-13-15-17-19-21-22-23-25-27-29-35-39-43-47-51-58(61)64-55(53-63-57(60)50-46-42-38-34-31-30-32-36-40-44-48-54(3)4)52-62-56(59)49-45-41-37-33-28-26-24-20-18-16-14-12-10-8-6-2/h54-55H,5-53H2,1-4H3/t55-/m1/s1. The molecule has 0 aromatic heterocycles. The quantitative estimate of drug-likeness (QED) is 0.0344. The molecule has 0 aliphatic rings. The van der Waals surface area contributed by atoms with Crippen molar-refractivity contribution >= 4 is 17.9 Å². The van der Waals surface area contributed by atoms with Crippen molar-refractivity contribution in [3.8, 4) is 0 Å². The lowest BCUT2D eigenvalue weighted by atomic mass is 10.0. The first-order valence-corrected chi connectivity index (χ1v) is 28.9. The van der Waals surface area contributed by atoms with Crippen LogP contribution in [-0.2, 0) is 28.6 Å². The van der Waals surface area contributed by atoms with E-state index in [4.69, 9.17) is 14.2 Å². The van der Waals surface area contributed by atoms with Crippen molar-refractivity contribution < 1.29 is 28.6 Å². The minimum absolute atomic E-state index is 0.0621. The Morgan fingerprint density at radius 2 is 0.516 bits per heavy atom. The van der Waals surface area contributed by atoms with Gasteiger partial charge in [-0.25, -0.2) is 0 Å². The molecule has 0 saturated heterocycles. The molecule has 0 saturated carbocycles. The van der Waals surface area contributed by atoms with Gasteiger partial charge in [0, 0.05) is 19.3 Å². The van der Waals surface area contributed by atoms with Gasteiger partial charge in [0.15, 0.2) is 6.10 Å². The van der Waals surface area contributed by atoms with Crippen molar-refractivity contribution in [1.82, 2.24) is 0 Å². The van der Waals surface area contributed by atoms with Gasteiger partial charge in [0.05, 0.1) is 0 Å². The van der Waals surface area contributed by atoms with Gasteiger partial charge in [0.1, 0.15) is 13.2 Å². The summed E-state index contributed by atoms with van der Waals surface area (Å²) in [4.78, 5) is 38.1. The van der Waals surface area contributed by atoms with Crippen LogP contribution in [0.2, 0.25) is 0 Å². The Bertz CT molecular complexity index is 964. The number of unbranched alkanes of at least 4 members (excludes halogenated alkanes) is 40. The number of rotatable bonds is 53. The summed E-state index contributed by atoms with van der Waals surface area (Å²) in [6.45, 7) is 9.05. The lowest BCUT2D eigenvalue weighted by molar-refractivity contribution is -0.167. The van der Waals surface area contributed by atoms with Crippen LogP contribution in [0.25, 0.3) is 0 Å². The number of hydrogen-bond acceptors (Lipinski definition) is 6. The molecule has 0 bridgehead atoms. The zero-order valence-corrected chi connectivity index (χ0v) is 43.8. The van der Waals surface area contributed by atoms with E-state index in [1.54, 1.807) is 0 Å². The monoisotopic (exact) mass is 905 g/mol. The summed E-state index contributed by atoms with van der Waals surface area (Å²) < 4.78 is 16.9. The molecule has 0 aromatic rings. The van der Waals surface area contributed by atoms with E-state index in [1.165, 1.54) is 225 Å². The summed E-state index contributed by atoms with van der Waals surface area (Å²) in [7, 11) is 0. The van der Waals surface area contributed by atoms with Gasteiger partial charge in [0.2, 0.25) is 0 Å². The Labute approximate surface area is 399 Å². The van der Waals surface area contributed by atoms with Crippen LogP contribution in [0.3, 0.4) is 0 Å². The van der Waals surface area contributed by atoms with Gasteiger partial charge in [0.25, 0.3) is 0 Å². The van der Waals surface area contributed by atoms with E-state index in [9.17, 15) is 14.4 Å². The zero-order chi connectivity index (χ0) is 46.7. The van der Waals surface area contributed by atoms with Crippen molar-refractivity contribution in [1.29, 1.82) is 0 Å². The predicted molar refractivity (Wildman–Crippen MR) is 275 cm³/mol. The van der Waals surface area contributed by atoms with Gasteiger partial charge in [-0.1, -0.05) is 291 Å². The van der Waals surface area contributed by atoms with Crippen LogP contribution in [0.1, 0.15) is 329 Å². The number of carbonyl (C=O) groups is 3. The third-order valence-electron chi connectivity index (χ3n) is 13.3. The Hall–Kier alpha value is -1.59. The number of carbonyl (C=O) groups excluding carboxylic acids is 3. The number of hydrogen-bond donors (Lipinski definition) is 0. The molecule has 0 aromatic carbocycles. The average molecular weight is 906 g/mol. The smallest absolute Gasteiger partial charge is 0.306 e. The Kier molecular flexibility index (Phi) is 51.1. The molecule has 0 amide bonds. The fraction of sp³-hybridized carbons (Fsp3) is 0.948. The zero-order valence-electron chi connectivity index (χ0n) is 43.8. The second kappa shape index (κ2) is 52.4. The van der Waals surface area contributed by atoms with Gasteiger partial charge < -0.3 is 14.2 Å². The maximum absolute atomic E-state index is 12.8. The number of ether oxygens (including phenoxy) is 3. The van der Waals surface area contributed by atoms with Gasteiger partial charge in [-0.05, 0) is 25.2 Å². The molecule has 0 radical (unpaired) electrons. The van der Waals surface area contributed by atoms with Gasteiger partial charge in [-0.3, -0.25) is 14.4 Å². The molecule has 1 atom stereocenters. The molecule has 64 heavy (non-hydrogen) atoms. The molecule has 0 unspecified atom stereocenters. The Balaban J connectivity index is 4.29. The molecule has 0 rings (SSSR count). The summed E-state index contributed by atoms with van der Waals surface area (Å²) in [6.07, 6.45) is 56.6. The molecular weight excluding hydrogens is 793 g/mol. The second-order valence-corrected chi connectivity index (χ2v) is 20.4. The average Bonchev–Trinajstić information content (AvgIpc) is 3.28. The fourth-order valence-electron chi connectivity index (χ4n) is 8.92. The summed E-state index contributed by atoms with van der Waals surface area (Å²) >= 11 is 0. The van der Waals surface area contributed by atoms with E-state index in [2.05, 4.69) is 27.7 Å². The summed E-state index contributed by atoms with van der Waals surface area (Å²) in [5.74, 6) is -0.0179. The maximum Gasteiger partial charge on any atom is 0.306 e. The minimum atomic E-state index is -0.762. The van der Waals surface area contributed by atoms with E-state index in [-0.39, 0.29) is 31.1 Å². The normalized spacial score (nSPS) is 12.0. The van der Waals surface area contributed by atoms with Gasteiger partial charge in [-0.2, -0.15) is 0 Å². The minimum Gasteiger partial charge on any atom is -0.462 e. The highest BCUT2D eigenvalue weighted by atomic mass is 16.6. The molecule has 6 heteroatoms. The first kappa shape index (κ1) is 62.4. The van der Waals surface area contributed by atoms with E-state index >= 15 is 0 Å². The van der Waals surface area contributed by atoms with Gasteiger partial charge >= 0.3 is 17.9 Å². The SMILES string of the molecule is CCCCCCCCCCCCCCCCCCCCC(=O)O[C@H](COC(=O)CCCCCCCCCCCCCCCCC)COC(=O)CCCCCCCCCCCCC(C)C. The van der Waals surface area contributed by atoms with Crippen molar-refractivity contribution in [2.75, 3.05) is 13.2 Å². The fourth-order valence-corrected chi connectivity index (χ4v) is 8.92. The van der Waals surface area contributed by atoms with E-state index in [0.29, 0.717) is 19.3 Å². The first-order chi connectivity index (χ1) is 31.4. The van der Waals surface area contributed by atoms with Crippen LogP contribution in [0, 0.1) is 5.92 Å². The molecule has 380 valence electrons. The molecular formula is C58H112O6. The second-order valence-electron chi connectivity index (χ2n) is 20.4. The van der Waals surface area contributed by atoms with Crippen LogP contribution < -0.4 is 0 Å². The van der Waals surface area contributed by atoms with Gasteiger partial charge in [-0.15, -0.1) is 0 Å². The third-order valence-corrected chi connectivity index (χ3v) is 13.3. The summed E-state index contributed by atoms with van der Waals surface area (Å²) in [5.41, 5.74) is 0. The lowest BCUT2D eigenvalue weighted by Crippen LogP contribution is -2.30.